The first-order chi connectivity index (χ1) is 14.0. The van der Waals surface area contributed by atoms with Crippen molar-refractivity contribution >= 4 is 17.5 Å². The molecule has 29 heavy (non-hydrogen) atoms. The van der Waals surface area contributed by atoms with Gasteiger partial charge in [0.1, 0.15) is 5.75 Å². The van der Waals surface area contributed by atoms with Gasteiger partial charge in [-0.25, -0.2) is 0 Å². The van der Waals surface area contributed by atoms with Crippen molar-refractivity contribution < 1.29 is 14.1 Å². The molecule has 2 aromatic carbocycles. The predicted octanol–water partition coefficient (Wildman–Crippen LogP) is 4.69. The predicted molar refractivity (Wildman–Crippen MR) is 110 cm³/mol. The van der Waals surface area contributed by atoms with Crippen molar-refractivity contribution in [2.24, 2.45) is 0 Å². The number of ether oxygens (including phenoxy) is 1. The van der Waals surface area contributed by atoms with Crippen LogP contribution in [0.2, 0.25) is 5.02 Å². The number of carbonyl (C=O) groups is 1. The van der Waals surface area contributed by atoms with Crippen LogP contribution < -0.4 is 4.74 Å². The maximum Gasteiger partial charge on any atom is 0.232 e. The maximum absolute atomic E-state index is 12.5. The van der Waals surface area contributed by atoms with E-state index in [1.54, 1.807) is 12.1 Å². The van der Waals surface area contributed by atoms with Crippen molar-refractivity contribution in [1.29, 1.82) is 0 Å². The summed E-state index contributed by atoms with van der Waals surface area (Å²) in [5.74, 6) is 1.77. The molecule has 0 bridgehead atoms. The molecule has 1 atom stereocenters. The molecule has 7 heteroatoms. The van der Waals surface area contributed by atoms with Gasteiger partial charge >= 0.3 is 0 Å². The smallest absolute Gasteiger partial charge is 0.232 e. The molecule has 1 aromatic heterocycles. The second kappa shape index (κ2) is 8.25. The Hall–Kier alpha value is -2.86. The molecule has 1 unspecified atom stereocenters. The molecule has 2 heterocycles. The molecule has 1 amide bonds. The zero-order valence-corrected chi connectivity index (χ0v) is 17.1. The van der Waals surface area contributed by atoms with Gasteiger partial charge in [0, 0.05) is 30.1 Å². The van der Waals surface area contributed by atoms with Gasteiger partial charge in [-0.05, 0) is 43.7 Å². The van der Waals surface area contributed by atoms with E-state index in [1.807, 2.05) is 55.1 Å². The van der Waals surface area contributed by atoms with Crippen LogP contribution in [0.25, 0.3) is 11.4 Å². The Morgan fingerprint density at radius 1 is 1.24 bits per heavy atom. The number of aromatic nitrogens is 2. The third-order valence-corrected chi connectivity index (χ3v) is 4.99. The van der Waals surface area contributed by atoms with E-state index in [0.29, 0.717) is 36.2 Å². The summed E-state index contributed by atoms with van der Waals surface area (Å²) in [6, 6.07) is 15.1. The van der Waals surface area contributed by atoms with Gasteiger partial charge in [0.2, 0.25) is 17.6 Å². The van der Waals surface area contributed by atoms with Crippen LogP contribution in [-0.4, -0.2) is 33.6 Å². The van der Waals surface area contributed by atoms with Gasteiger partial charge in [-0.1, -0.05) is 41.0 Å². The van der Waals surface area contributed by atoms with Crippen LogP contribution in [0.1, 0.15) is 37.6 Å². The average Bonchev–Trinajstić information content (AvgIpc) is 3.30. The average molecular weight is 412 g/mol. The van der Waals surface area contributed by atoms with Gasteiger partial charge in [-0.3, -0.25) is 4.79 Å². The molecule has 1 aliphatic rings. The minimum atomic E-state index is -0.105. The van der Waals surface area contributed by atoms with Crippen LogP contribution in [0.5, 0.6) is 5.75 Å². The van der Waals surface area contributed by atoms with Crippen molar-refractivity contribution in [3.63, 3.8) is 0 Å². The molecule has 0 aliphatic carbocycles. The van der Waals surface area contributed by atoms with Crippen molar-refractivity contribution in [3.05, 3.63) is 65.0 Å². The standard InChI is InChI=1S/C22H22ClN3O3/c1-14(2)28-19-8-6-15(7-9-19)12-26-13-17(11-20(26)27)22-24-21(25-29-22)16-4-3-5-18(23)10-16/h3-10,14,17H,11-13H2,1-2H3. The molecular weight excluding hydrogens is 390 g/mol. The number of hydrogen-bond donors (Lipinski definition) is 0. The molecule has 0 spiro atoms. The van der Waals surface area contributed by atoms with Gasteiger partial charge in [-0.15, -0.1) is 0 Å². The highest BCUT2D eigenvalue weighted by molar-refractivity contribution is 6.30. The fourth-order valence-corrected chi connectivity index (χ4v) is 3.59. The lowest BCUT2D eigenvalue weighted by Crippen LogP contribution is -2.24. The fourth-order valence-electron chi connectivity index (χ4n) is 3.40. The van der Waals surface area contributed by atoms with Gasteiger partial charge < -0.3 is 14.2 Å². The molecule has 1 fully saturated rings. The first kappa shape index (κ1) is 19.5. The number of carbonyl (C=O) groups excluding carboxylic acids is 1. The number of halogens is 1. The highest BCUT2D eigenvalue weighted by Crippen LogP contribution is 2.30. The summed E-state index contributed by atoms with van der Waals surface area (Å²) >= 11 is 6.03. The molecule has 6 nitrogen and oxygen atoms in total. The topological polar surface area (TPSA) is 68.5 Å². The Morgan fingerprint density at radius 3 is 2.76 bits per heavy atom. The molecular formula is C22H22ClN3O3. The molecule has 0 N–H and O–H groups in total. The Labute approximate surface area is 174 Å². The highest BCUT2D eigenvalue weighted by Gasteiger charge is 2.34. The van der Waals surface area contributed by atoms with Gasteiger partial charge in [-0.2, -0.15) is 4.98 Å². The van der Waals surface area contributed by atoms with E-state index in [9.17, 15) is 4.79 Å². The lowest BCUT2D eigenvalue weighted by atomic mass is 10.1. The highest BCUT2D eigenvalue weighted by atomic mass is 35.5. The van der Waals surface area contributed by atoms with Crippen LogP contribution in [0.3, 0.4) is 0 Å². The van der Waals surface area contributed by atoms with E-state index >= 15 is 0 Å². The molecule has 3 aromatic rings. The van der Waals surface area contributed by atoms with E-state index in [0.717, 1.165) is 16.9 Å². The molecule has 0 radical (unpaired) electrons. The van der Waals surface area contributed by atoms with Crippen molar-refractivity contribution in [2.45, 2.75) is 38.8 Å². The number of likely N-dealkylation sites (tertiary alicyclic amines) is 1. The van der Waals surface area contributed by atoms with Crippen LogP contribution in [-0.2, 0) is 11.3 Å². The summed E-state index contributed by atoms with van der Waals surface area (Å²) in [5.41, 5.74) is 1.85. The van der Waals surface area contributed by atoms with Crippen molar-refractivity contribution in [2.75, 3.05) is 6.54 Å². The maximum atomic E-state index is 12.5. The van der Waals surface area contributed by atoms with E-state index in [1.165, 1.54) is 0 Å². The minimum absolute atomic E-state index is 0.0833. The Bertz CT molecular complexity index is 1000. The summed E-state index contributed by atoms with van der Waals surface area (Å²) in [6.07, 6.45) is 0.499. The van der Waals surface area contributed by atoms with E-state index in [-0.39, 0.29) is 17.9 Å². The lowest BCUT2D eigenvalue weighted by Gasteiger charge is -2.16. The Balaban J connectivity index is 1.42. The monoisotopic (exact) mass is 411 g/mol. The number of hydrogen-bond acceptors (Lipinski definition) is 5. The van der Waals surface area contributed by atoms with Crippen molar-refractivity contribution in [3.8, 4) is 17.1 Å². The first-order valence-corrected chi connectivity index (χ1v) is 9.98. The molecule has 1 aliphatic heterocycles. The summed E-state index contributed by atoms with van der Waals surface area (Å²) in [5, 5.41) is 4.66. The van der Waals surface area contributed by atoms with Gasteiger partial charge in [0.15, 0.2) is 0 Å². The zero-order chi connectivity index (χ0) is 20.4. The first-order valence-electron chi connectivity index (χ1n) is 9.61. The third-order valence-electron chi connectivity index (χ3n) is 4.76. The fraction of sp³-hybridized carbons (Fsp3) is 0.318. The zero-order valence-electron chi connectivity index (χ0n) is 16.3. The summed E-state index contributed by atoms with van der Waals surface area (Å²) < 4.78 is 11.1. The molecule has 150 valence electrons. The number of benzene rings is 2. The largest absolute Gasteiger partial charge is 0.491 e. The second-order valence-electron chi connectivity index (χ2n) is 7.45. The number of nitrogens with zero attached hydrogens (tertiary/aromatic N) is 3. The van der Waals surface area contributed by atoms with Crippen LogP contribution in [0.4, 0.5) is 0 Å². The van der Waals surface area contributed by atoms with E-state index < -0.39 is 0 Å². The summed E-state index contributed by atoms with van der Waals surface area (Å²) in [6.45, 7) is 5.09. The molecule has 1 saturated heterocycles. The van der Waals surface area contributed by atoms with Crippen LogP contribution in [0.15, 0.2) is 53.1 Å². The normalized spacial score (nSPS) is 16.6. The number of amides is 1. The summed E-state index contributed by atoms with van der Waals surface area (Å²) in [7, 11) is 0. The molecule has 4 rings (SSSR count). The van der Waals surface area contributed by atoms with Gasteiger partial charge in [0.05, 0.1) is 12.0 Å². The lowest BCUT2D eigenvalue weighted by molar-refractivity contribution is -0.128. The Morgan fingerprint density at radius 2 is 2.03 bits per heavy atom. The van der Waals surface area contributed by atoms with E-state index in [2.05, 4.69) is 10.1 Å². The summed E-state index contributed by atoms with van der Waals surface area (Å²) in [4.78, 5) is 18.8. The Kier molecular flexibility index (Phi) is 5.53. The van der Waals surface area contributed by atoms with Crippen molar-refractivity contribution in [1.82, 2.24) is 15.0 Å². The number of rotatable bonds is 6. The third kappa shape index (κ3) is 4.59. The van der Waals surface area contributed by atoms with Gasteiger partial charge in [0.25, 0.3) is 0 Å². The molecule has 0 saturated carbocycles. The van der Waals surface area contributed by atoms with Crippen LogP contribution >= 0.6 is 11.6 Å². The second-order valence-corrected chi connectivity index (χ2v) is 7.89. The quantitative estimate of drug-likeness (QED) is 0.588. The van der Waals surface area contributed by atoms with E-state index in [4.69, 9.17) is 20.9 Å². The minimum Gasteiger partial charge on any atom is -0.491 e. The SMILES string of the molecule is CC(C)Oc1ccc(CN2CC(c3nc(-c4cccc(Cl)c4)no3)CC2=O)cc1. The van der Waals surface area contributed by atoms with Crippen LogP contribution in [0, 0.1) is 0 Å².